The highest BCUT2D eigenvalue weighted by molar-refractivity contribution is 6.31. The summed E-state index contributed by atoms with van der Waals surface area (Å²) < 4.78 is 25.5. The number of aromatic nitrogens is 4. The van der Waals surface area contributed by atoms with Gasteiger partial charge in [-0.2, -0.15) is 0 Å². The Morgan fingerprint density at radius 1 is 1.32 bits per heavy atom. The number of carbonyl (C=O) groups excluding carboxylic acids is 1. The van der Waals surface area contributed by atoms with Gasteiger partial charge in [0.05, 0.1) is 24.4 Å². The molecule has 2 N–H and O–H groups in total. The number of fused-ring (bicyclic) bond motifs is 1. The lowest BCUT2D eigenvalue weighted by Crippen LogP contribution is -2.44. The van der Waals surface area contributed by atoms with Gasteiger partial charge in [-0.05, 0) is 31.7 Å². The minimum absolute atomic E-state index is 0.00715. The molecule has 3 aromatic heterocycles. The minimum atomic E-state index is -0.532. The van der Waals surface area contributed by atoms with Crippen molar-refractivity contribution in [3.05, 3.63) is 35.5 Å². The summed E-state index contributed by atoms with van der Waals surface area (Å²) in [7, 11) is 1.75. The topological polar surface area (TPSA) is 105 Å². The molecule has 1 aliphatic heterocycles. The van der Waals surface area contributed by atoms with E-state index in [4.69, 9.17) is 21.1 Å². The van der Waals surface area contributed by atoms with E-state index in [9.17, 15) is 9.18 Å². The number of hydrogen-bond donors (Lipinski definition) is 2. The Bertz CT molecular complexity index is 1180. The van der Waals surface area contributed by atoms with Crippen LogP contribution in [0.25, 0.3) is 22.4 Å². The Morgan fingerprint density at radius 3 is 3.03 bits per heavy atom. The third-order valence-electron chi connectivity index (χ3n) is 6.46. The van der Waals surface area contributed by atoms with Crippen molar-refractivity contribution in [2.45, 2.75) is 50.3 Å². The standard InChI is InChI=1S/C23H26ClFN6O3/c1-31(23(32)34-16-5-6-33-12-16)15-4-2-3-14(8-15)29-22-19(25)11-28-21(30-22)18-10-27-20-17(18)7-13(24)9-26-20/h7,9-11,14-16H,2-6,8,12H2,1H3,(H,26,27)(H,28,29,30)/t14-,15?,16?/m0/s1. The predicted molar refractivity (Wildman–Crippen MR) is 125 cm³/mol. The van der Waals surface area contributed by atoms with E-state index < -0.39 is 5.82 Å². The average molecular weight is 489 g/mol. The van der Waals surface area contributed by atoms with Crippen LogP contribution in [0.15, 0.2) is 24.7 Å². The zero-order valence-corrected chi connectivity index (χ0v) is 19.5. The molecule has 1 saturated carbocycles. The number of nitrogens with one attached hydrogen (secondary N) is 2. The Hall–Kier alpha value is -2.98. The summed E-state index contributed by atoms with van der Waals surface area (Å²) in [5.41, 5.74) is 1.34. The van der Waals surface area contributed by atoms with Gasteiger partial charge in [-0.15, -0.1) is 0 Å². The molecule has 4 heterocycles. The lowest BCUT2D eigenvalue weighted by molar-refractivity contribution is 0.0464. The second kappa shape index (κ2) is 9.71. The smallest absolute Gasteiger partial charge is 0.410 e. The van der Waals surface area contributed by atoms with Crippen LogP contribution in [0.2, 0.25) is 5.02 Å². The molecule has 0 bridgehead atoms. The molecule has 1 amide bonds. The van der Waals surface area contributed by atoms with Crippen molar-refractivity contribution in [1.29, 1.82) is 0 Å². The van der Waals surface area contributed by atoms with Gasteiger partial charge in [0.2, 0.25) is 0 Å². The van der Waals surface area contributed by atoms with Crippen LogP contribution in [0.4, 0.5) is 15.0 Å². The van der Waals surface area contributed by atoms with Crippen LogP contribution >= 0.6 is 11.6 Å². The van der Waals surface area contributed by atoms with E-state index in [0.29, 0.717) is 41.7 Å². The quantitative estimate of drug-likeness (QED) is 0.548. The van der Waals surface area contributed by atoms with Crippen LogP contribution in [0.3, 0.4) is 0 Å². The van der Waals surface area contributed by atoms with Gasteiger partial charge in [0, 0.05) is 48.9 Å². The van der Waals surface area contributed by atoms with E-state index in [1.165, 1.54) is 0 Å². The van der Waals surface area contributed by atoms with Crippen LogP contribution in [0.1, 0.15) is 32.1 Å². The van der Waals surface area contributed by atoms with Crippen molar-refractivity contribution in [3.8, 4) is 11.4 Å². The lowest BCUT2D eigenvalue weighted by atomic mass is 9.90. The largest absolute Gasteiger partial charge is 0.444 e. The molecule has 1 saturated heterocycles. The SMILES string of the molecule is CN(C(=O)OC1CCOC1)C1CCC[C@H](Nc2nc(-c3c[nH]c4ncc(Cl)cc34)ncc2F)C1. The number of carbonyl (C=O) groups is 1. The number of anilines is 1. The van der Waals surface area contributed by atoms with E-state index in [1.54, 1.807) is 30.4 Å². The summed E-state index contributed by atoms with van der Waals surface area (Å²) in [5, 5.41) is 4.48. The van der Waals surface area contributed by atoms with E-state index in [1.807, 2.05) is 0 Å². The highest BCUT2D eigenvalue weighted by Crippen LogP contribution is 2.30. The fourth-order valence-corrected chi connectivity index (χ4v) is 4.74. The van der Waals surface area contributed by atoms with Crippen molar-refractivity contribution in [2.24, 2.45) is 0 Å². The summed E-state index contributed by atoms with van der Waals surface area (Å²) in [4.78, 5) is 30.1. The van der Waals surface area contributed by atoms with Crippen LogP contribution in [-0.4, -0.2) is 69.4 Å². The first-order valence-corrected chi connectivity index (χ1v) is 11.8. The Balaban J connectivity index is 1.29. The number of rotatable bonds is 5. The Morgan fingerprint density at radius 2 is 2.21 bits per heavy atom. The van der Waals surface area contributed by atoms with Gasteiger partial charge in [-0.3, -0.25) is 0 Å². The number of H-pyrrole nitrogens is 1. The zero-order chi connectivity index (χ0) is 23.7. The number of aromatic amines is 1. The molecule has 0 spiro atoms. The fraction of sp³-hybridized carbons (Fsp3) is 0.478. The summed E-state index contributed by atoms with van der Waals surface area (Å²) in [5.74, 6) is -0.0322. The maximum absolute atomic E-state index is 14.6. The van der Waals surface area contributed by atoms with Crippen LogP contribution in [0, 0.1) is 5.82 Å². The lowest BCUT2D eigenvalue weighted by Gasteiger charge is -2.35. The van der Waals surface area contributed by atoms with Crippen LogP contribution in [0.5, 0.6) is 0 Å². The third-order valence-corrected chi connectivity index (χ3v) is 6.67. The number of nitrogens with zero attached hydrogens (tertiary/aromatic N) is 4. The molecule has 3 atom stereocenters. The highest BCUT2D eigenvalue weighted by Gasteiger charge is 2.31. The van der Waals surface area contributed by atoms with Crippen LogP contribution < -0.4 is 5.32 Å². The Labute approximate surface area is 201 Å². The number of amides is 1. The summed E-state index contributed by atoms with van der Waals surface area (Å²) >= 11 is 6.10. The van der Waals surface area contributed by atoms with Gasteiger partial charge >= 0.3 is 6.09 Å². The van der Waals surface area contributed by atoms with Gasteiger partial charge < -0.3 is 24.7 Å². The molecule has 11 heteroatoms. The molecule has 5 rings (SSSR count). The van der Waals surface area contributed by atoms with E-state index in [2.05, 4.69) is 25.3 Å². The molecule has 2 aliphatic rings. The maximum Gasteiger partial charge on any atom is 0.410 e. The first kappa shape index (κ1) is 22.8. The van der Waals surface area contributed by atoms with E-state index in [-0.39, 0.29) is 30.1 Å². The zero-order valence-electron chi connectivity index (χ0n) is 18.8. The van der Waals surface area contributed by atoms with Gasteiger partial charge in [0.15, 0.2) is 17.5 Å². The normalized spacial score (nSPS) is 22.6. The summed E-state index contributed by atoms with van der Waals surface area (Å²) in [6.45, 7) is 1.06. The molecule has 1 aliphatic carbocycles. The maximum atomic E-state index is 14.6. The fourth-order valence-electron chi connectivity index (χ4n) is 4.58. The number of halogens is 2. The van der Waals surface area contributed by atoms with Gasteiger partial charge in [0.25, 0.3) is 0 Å². The number of ether oxygens (including phenoxy) is 2. The van der Waals surface area contributed by atoms with Gasteiger partial charge in [-0.1, -0.05) is 11.6 Å². The van der Waals surface area contributed by atoms with Gasteiger partial charge in [-0.25, -0.2) is 24.1 Å². The number of pyridine rings is 1. The van der Waals surface area contributed by atoms with Crippen molar-refractivity contribution in [2.75, 3.05) is 25.6 Å². The first-order chi connectivity index (χ1) is 16.5. The van der Waals surface area contributed by atoms with Crippen molar-refractivity contribution in [1.82, 2.24) is 24.8 Å². The Kier molecular flexibility index (Phi) is 6.51. The summed E-state index contributed by atoms with van der Waals surface area (Å²) in [6.07, 6.45) is 7.92. The third kappa shape index (κ3) is 4.78. The molecule has 180 valence electrons. The van der Waals surface area contributed by atoms with E-state index in [0.717, 1.165) is 37.3 Å². The highest BCUT2D eigenvalue weighted by atomic mass is 35.5. The number of hydrogen-bond acceptors (Lipinski definition) is 7. The molecule has 9 nitrogen and oxygen atoms in total. The molecule has 2 unspecified atom stereocenters. The first-order valence-electron chi connectivity index (χ1n) is 11.4. The second-order valence-electron chi connectivity index (χ2n) is 8.78. The minimum Gasteiger partial charge on any atom is -0.444 e. The summed E-state index contributed by atoms with van der Waals surface area (Å²) in [6, 6.07) is 1.72. The van der Waals surface area contributed by atoms with E-state index >= 15 is 0 Å². The van der Waals surface area contributed by atoms with Gasteiger partial charge in [0.1, 0.15) is 11.8 Å². The monoisotopic (exact) mass is 488 g/mol. The van der Waals surface area contributed by atoms with Crippen LogP contribution in [-0.2, 0) is 9.47 Å². The molecule has 0 aromatic carbocycles. The second-order valence-corrected chi connectivity index (χ2v) is 9.22. The molecule has 3 aromatic rings. The predicted octanol–water partition coefficient (Wildman–Crippen LogP) is 4.39. The van der Waals surface area contributed by atoms with Crippen molar-refractivity contribution < 1.29 is 18.7 Å². The average Bonchev–Trinajstić information content (AvgIpc) is 3.50. The van der Waals surface area contributed by atoms with Crippen molar-refractivity contribution in [3.63, 3.8) is 0 Å². The molecule has 2 fully saturated rings. The van der Waals surface area contributed by atoms with Crippen molar-refractivity contribution >= 4 is 34.5 Å². The molecular formula is C23H26ClFN6O3. The molecular weight excluding hydrogens is 463 g/mol. The molecule has 34 heavy (non-hydrogen) atoms. The molecule has 0 radical (unpaired) electrons.